The van der Waals surface area contributed by atoms with Gasteiger partial charge in [0.25, 0.3) is 0 Å². The molecule has 0 aromatic heterocycles. The van der Waals surface area contributed by atoms with Gasteiger partial charge in [0.15, 0.2) is 6.10 Å². The Morgan fingerprint density at radius 2 is 0.820 bits per heavy atom. The van der Waals surface area contributed by atoms with E-state index < -0.39 is 51.1 Å². The number of carbonyl (C=O) groups excluding carboxylic acids is 2. The van der Waals surface area contributed by atoms with E-state index in [1.165, 1.54) is 173 Å². The number of ether oxygens (including phenoxy) is 2. The third-order valence-electron chi connectivity index (χ3n) is 11.3. The Labute approximate surface area is 373 Å². The molecule has 0 fully saturated rings. The highest BCUT2D eigenvalue weighted by molar-refractivity contribution is 7.47. The zero-order valence-corrected chi connectivity index (χ0v) is 40.2. The Morgan fingerprint density at radius 3 is 1.20 bits per heavy atom. The molecule has 0 aromatic carbocycles. The lowest BCUT2D eigenvalue weighted by Gasteiger charge is -2.20. The molecule has 360 valence electrons. The number of phosphoric acid groups is 1. The standard InChI is InChI=1S/C49H94NO10P/c1-3-5-7-9-11-13-15-17-19-21-22-23-24-25-27-29-31-33-35-37-39-41-48(52)60-45(43-58-61(55,56)59-44-46(50)49(53)54)42-57-47(51)40-38-36-34-32-30-28-26-20-18-16-14-12-10-8-6-4-2/h17,19,45-46H,3-16,18,20-44,50H2,1-2H3,(H,53,54)(H,55,56)/b19-17+/t45-,46+/m1/s1. The fraction of sp³-hybridized carbons (Fsp3) is 0.898. The van der Waals surface area contributed by atoms with Crippen molar-refractivity contribution in [3.63, 3.8) is 0 Å². The average Bonchev–Trinajstić information content (AvgIpc) is 3.24. The molecule has 0 heterocycles. The van der Waals surface area contributed by atoms with Crippen molar-refractivity contribution in [1.82, 2.24) is 0 Å². The lowest BCUT2D eigenvalue weighted by Crippen LogP contribution is -2.34. The summed E-state index contributed by atoms with van der Waals surface area (Å²) in [5, 5.41) is 8.91. The van der Waals surface area contributed by atoms with Gasteiger partial charge < -0.3 is 25.2 Å². The first-order chi connectivity index (χ1) is 29.6. The van der Waals surface area contributed by atoms with Crippen molar-refractivity contribution >= 4 is 25.7 Å². The first kappa shape index (κ1) is 59.2. The molecule has 0 bridgehead atoms. The molecule has 12 heteroatoms. The smallest absolute Gasteiger partial charge is 0.472 e. The maximum atomic E-state index is 12.7. The van der Waals surface area contributed by atoms with Crippen molar-refractivity contribution < 1.29 is 47.5 Å². The number of carboxylic acid groups (broad SMARTS) is 1. The van der Waals surface area contributed by atoms with E-state index in [-0.39, 0.29) is 19.4 Å². The van der Waals surface area contributed by atoms with Crippen molar-refractivity contribution in [2.75, 3.05) is 19.8 Å². The maximum absolute atomic E-state index is 12.7. The van der Waals surface area contributed by atoms with Gasteiger partial charge in [0.05, 0.1) is 13.2 Å². The van der Waals surface area contributed by atoms with Crippen LogP contribution in [0.15, 0.2) is 12.2 Å². The minimum absolute atomic E-state index is 0.165. The van der Waals surface area contributed by atoms with Crippen LogP contribution in [0.4, 0.5) is 0 Å². The molecule has 0 saturated carbocycles. The van der Waals surface area contributed by atoms with E-state index in [1.54, 1.807) is 0 Å². The summed E-state index contributed by atoms with van der Waals surface area (Å²) in [5.74, 6) is -2.36. The molecule has 0 amide bonds. The molecule has 3 atom stereocenters. The predicted octanol–water partition coefficient (Wildman–Crippen LogP) is 14.0. The summed E-state index contributed by atoms with van der Waals surface area (Å²) in [6, 6.07) is -1.52. The van der Waals surface area contributed by atoms with Crippen molar-refractivity contribution in [3.05, 3.63) is 12.2 Å². The monoisotopic (exact) mass is 888 g/mol. The number of nitrogens with two attached hydrogens (primary N) is 1. The number of allylic oxidation sites excluding steroid dienone is 2. The van der Waals surface area contributed by atoms with Gasteiger partial charge in [-0.2, -0.15) is 0 Å². The highest BCUT2D eigenvalue weighted by Crippen LogP contribution is 2.43. The number of esters is 2. The van der Waals surface area contributed by atoms with E-state index in [0.717, 1.165) is 38.5 Å². The van der Waals surface area contributed by atoms with Crippen LogP contribution >= 0.6 is 7.82 Å². The molecule has 0 aliphatic rings. The number of phosphoric ester groups is 1. The van der Waals surface area contributed by atoms with Gasteiger partial charge in [0, 0.05) is 12.8 Å². The molecular formula is C49H94NO10P. The van der Waals surface area contributed by atoms with Crippen molar-refractivity contribution in [2.24, 2.45) is 5.73 Å². The second kappa shape index (κ2) is 44.8. The molecule has 4 N–H and O–H groups in total. The summed E-state index contributed by atoms with van der Waals surface area (Å²) < 4.78 is 32.8. The van der Waals surface area contributed by atoms with Crippen LogP contribution in [-0.2, 0) is 37.5 Å². The SMILES string of the molecule is CCCCCCCC/C=C/CCCCCCCCCCCCCC(=O)O[C@H](COC(=O)CCCCCCCCCCCCCCCCCC)COP(=O)(O)OC[C@H](N)C(=O)O. The van der Waals surface area contributed by atoms with Gasteiger partial charge in [-0.25, -0.2) is 4.57 Å². The van der Waals surface area contributed by atoms with Crippen molar-refractivity contribution in [1.29, 1.82) is 0 Å². The highest BCUT2D eigenvalue weighted by Gasteiger charge is 2.28. The summed E-state index contributed by atoms with van der Waals surface area (Å²) in [6.07, 6.45) is 47.0. The number of hydrogen-bond donors (Lipinski definition) is 3. The minimum Gasteiger partial charge on any atom is -0.480 e. The van der Waals surface area contributed by atoms with Gasteiger partial charge in [-0.05, 0) is 38.5 Å². The van der Waals surface area contributed by atoms with E-state index in [4.69, 9.17) is 24.8 Å². The van der Waals surface area contributed by atoms with Crippen LogP contribution in [0.25, 0.3) is 0 Å². The summed E-state index contributed by atoms with van der Waals surface area (Å²) in [4.78, 5) is 46.1. The molecule has 0 aliphatic carbocycles. The van der Waals surface area contributed by atoms with Crippen LogP contribution < -0.4 is 5.73 Å². The number of carbonyl (C=O) groups is 3. The van der Waals surface area contributed by atoms with Crippen LogP contribution in [-0.4, -0.2) is 59.9 Å². The number of carboxylic acids is 1. The molecular weight excluding hydrogens is 794 g/mol. The van der Waals surface area contributed by atoms with E-state index in [0.29, 0.717) is 12.8 Å². The van der Waals surface area contributed by atoms with E-state index in [1.807, 2.05) is 0 Å². The number of aliphatic carboxylic acids is 1. The van der Waals surface area contributed by atoms with E-state index >= 15 is 0 Å². The van der Waals surface area contributed by atoms with Gasteiger partial charge in [-0.1, -0.05) is 212 Å². The minimum atomic E-state index is -4.71. The molecule has 11 nitrogen and oxygen atoms in total. The zero-order chi connectivity index (χ0) is 44.9. The van der Waals surface area contributed by atoms with Crippen LogP contribution in [0.2, 0.25) is 0 Å². The van der Waals surface area contributed by atoms with Crippen molar-refractivity contribution in [2.45, 2.75) is 264 Å². The Balaban J connectivity index is 4.22. The number of unbranched alkanes of at least 4 members (excludes halogenated alkanes) is 32. The molecule has 61 heavy (non-hydrogen) atoms. The number of hydrogen-bond acceptors (Lipinski definition) is 9. The quantitative estimate of drug-likeness (QED) is 0.0230. The Kier molecular flexibility index (Phi) is 43.5. The third kappa shape index (κ3) is 44.6. The Hall–Kier alpha value is -1.78. The summed E-state index contributed by atoms with van der Waals surface area (Å²) in [6.45, 7) is 2.85. The topological polar surface area (TPSA) is 172 Å². The molecule has 0 aliphatic heterocycles. The molecule has 1 unspecified atom stereocenters. The molecule has 0 radical (unpaired) electrons. The van der Waals surface area contributed by atoms with Crippen LogP contribution in [0, 0.1) is 0 Å². The van der Waals surface area contributed by atoms with E-state index in [9.17, 15) is 23.8 Å². The Morgan fingerprint density at radius 1 is 0.492 bits per heavy atom. The van der Waals surface area contributed by atoms with Gasteiger partial charge in [-0.15, -0.1) is 0 Å². The predicted molar refractivity (Wildman–Crippen MR) is 249 cm³/mol. The van der Waals surface area contributed by atoms with Gasteiger partial charge in [0.1, 0.15) is 12.6 Å². The largest absolute Gasteiger partial charge is 0.480 e. The fourth-order valence-electron chi connectivity index (χ4n) is 7.30. The first-order valence-electron chi connectivity index (χ1n) is 25.2. The Bertz CT molecular complexity index is 1090. The molecule has 0 spiro atoms. The van der Waals surface area contributed by atoms with Gasteiger partial charge in [0.2, 0.25) is 0 Å². The van der Waals surface area contributed by atoms with Crippen LogP contribution in [0.3, 0.4) is 0 Å². The second-order valence-electron chi connectivity index (χ2n) is 17.3. The molecule has 0 aromatic rings. The van der Waals surface area contributed by atoms with Crippen molar-refractivity contribution in [3.8, 4) is 0 Å². The molecule has 0 saturated heterocycles. The van der Waals surface area contributed by atoms with E-state index in [2.05, 4.69) is 30.5 Å². The summed E-state index contributed by atoms with van der Waals surface area (Å²) in [7, 11) is -4.71. The summed E-state index contributed by atoms with van der Waals surface area (Å²) in [5.41, 5.74) is 5.35. The number of rotatable bonds is 48. The lowest BCUT2D eigenvalue weighted by molar-refractivity contribution is -0.161. The highest BCUT2D eigenvalue weighted by atomic mass is 31.2. The fourth-order valence-corrected chi connectivity index (χ4v) is 8.08. The third-order valence-corrected chi connectivity index (χ3v) is 12.2. The molecule has 0 rings (SSSR count). The van der Waals surface area contributed by atoms with Gasteiger partial charge in [-0.3, -0.25) is 23.4 Å². The average molecular weight is 888 g/mol. The zero-order valence-electron chi connectivity index (χ0n) is 39.3. The van der Waals surface area contributed by atoms with Crippen LogP contribution in [0.5, 0.6) is 0 Å². The first-order valence-corrected chi connectivity index (χ1v) is 26.7. The summed E-state index contributed by atoms with van der Waals surface area (Å²) >= 11 is 0. The normalized spacial score (nSPS) is 13.6. The lowest BCUT2D eigenvalue weighted by atomic mass is 10.0. The maximum Gasteiger partial charge on any atom is 0.472 e. The second-order valence-corrected chi connectivity index (χ2v) is 18.8. The van der Waals surface area contributed by atoms with Crippen LogP contribution in [0.1, 0.15) is 251 Å². The van der Waals surface area contributed by atoms with Gasteiger partial charge >= 0.3 is 25.7 Å².